The van der Waals surface area contributed by atoms with Gasteiger partial charge in [-0.15, -0.1) is 0 Å². The van der Waals surface area contributed by atoms with E-state index in [4.69, 9.17) is 0 Å². The van der Waals surface area contributed by atoms with E-state index in [0.717, 1.165) is 6.67 Å². The molecule has 0 fully saturated rings. The molecule has 17 heavy (non-hydrogen) atoms. The lowest BCUT2D eigenvalue weighted by molar-refractivity contribution is 0.934. The van der Waals surface area contributed by atoms with Crippen molar-refractivity contribution in [3.63, 3.8) is 0 Å². The Morgan fingerprint density at radius 3 is 2.65 bits per heavy atom. The molecule has 0 saturated carbocycles. The highest BCUT2D eigenvalue weighted by Crippen LogP contribution is 2.54. The summed E-state index contributed by atoms with van der Waals surface area (Å²) in [5.74, 6) is 0. The van der Waals surface area contributed by atoms with Crippen LogP contribution in [-0.2, 0) is 0 Å². The van der Waals surface area contributed by atoms with Gasteiger partial charge < -0.3 is 9.80 Å². The summed E-state index contributed by atoms with van der Waals surface area (Å²) in [6.45, 7) is 0.948. The molecule has 2 nitrogen and oxygen atoms in total. The van der Waals surface area contributed by atoms with Crippen LogP contribution in [0.2, 0.25) is 0 Å². The molecule has 2 aliphatic rings. The maximum Gasteiger partial charge on any atom is 0.0951 e. The van der Waals surface area contributed by atoms with Gasteiger partial charge in [-0.1, -0.05) is 30.0 Å². The fourth-order valence-corrected chi connectivity index (χ4v) is 3.74. The molecule has 0 radical (unpaired) electrons. The highest BCUT2D eigenvalue weighted by Gasteiger charge is 2.32. The van der Waals surface area contributed by atoms with Crippen molar-refractivity contribution in [2.75, 3.05) is 23.5 Å². The van der Waals surface area contributed by atoms with Gasteiger partial charge in [0.2, 0.25) is 0 Å². The summed E-state index contributed by atoms with van der Waals surface area (Å²) in [5, 5.41) is 0. The Hall–Kier alpha value is -1.61. The minimum Gasteiger partial charge on any atom is -0.355 e. The van der Waals surface area contributed by atoms with Gasteiger partial charge in [0.1, 0.15) is 0 Å². The molecule has 2 aromatic carbocycles. The van der Waals surface area contributed by atoms with Gasteiger partial charge in [0.05, 0.1) is 23.7 Å². The number of hydrogen-bond donors (Lipinski definition) is 0. The molecule has 3 heteroatoms. The van der Waals surface area contributed by atoms with Crippen LogP contribution in [0.25, 0.3) is 0 Å². The van der Waals surface area contributed by atoms with Gasteiger partial charge in [-0.25, -0.2) is 0 Å². The quantitative estimate of drug-likeness (QED) is 0.693. The van der Waals surface area contributed by atoms with Crippen molar-refractivity contribution in [2.45, 2.75) is 9.79 Å². The normalized spacial score (nSPS) is 15.8. The number of para-hydroxylation sites is 2. The number of fused-ring (bicyclic) bond motifs is 2. The predicted molar refractivity (Wildman–Crippen MR) is 72.4 cm³/mol. The van der Waals surface area contributed by atoms with Gasteiger partial charge in [0, 0.05) is 16.8 Å². The summed E-state index contributed by atoms with van der Waals surface area (Å²) in [5.41, 5.74) is 4.05. The fraction of sp³-hybridized carbons (Fsp3) is 0.143. The average Bonchev–Trinajstić information content (AvgIpc) is 2.70. The van der Waals surface area contributed by atoms with Crippen LogP contribution in [0, 0.1) is 0 Å². The molecular formula is C14H12N2S. The summed E-state index contributed by atoms with van der Waals surface area (Å²) < 4.78 is 0. The molecule has 2 aromatic rings. The third-order valence-electron chi connectivity index (χ3n) is 3.39. The maximum absolute atomic E-state index is 2.41. The number of rotatable bonds is 0. The van der Waals surface area contributed by atoms with E-state index in [1.54, 1.807) is 0 Å². The van der Waals surface area contributed by atoms with Crippen molar-refractivity contribution < 1.29 is 0 Å². The van der Waals surface area contributed by atoms with Crippen molar-refractivity contribution in [1.82, 2.24) is 0 Å². The Morgan fingerprint density at radius 2 is 1.71 bits per heavy atom. The van der Waals surface area contributed by atoms with Gasteiger partial charge in [0.15, 0.2) is 0 Å². The van der Waals surface area contributed by atoms with Crippen LogP contribution in [0.4, 0.5) is 17.1 Å². The fourth-order valence-electron chi connectivity index (χ4n) is 2.61. The molecule has 4 rings (SSSR count). The molecule has 84 valence electrons. The van der Waals surface area contributed by atoms with Crippen LogP contribution in [0.3, 0.4) is 0 Å². The zero-order valence-electron chi connectivity index (χ0n) is 9.55. The maximum atomic E-state index is 2.41. The molecule has 0 aromatic heterocycles. The van der Waals surface area contributed by atoms with Crippen molar-refractivity contribution in [2.24, 2.45) is 0 Å². The van der Waals surface area contributed by atoms with E-state index in [1.165, 1.54) is 26.9 Å². The molecule has 0 amide bonds. The Kier molecular flexibility index (Phi) is 1.77. The average molecular weight is 240 g/mol. The lowest BCUT2D eigenvalue weighted by atomic mass is 10.2. The molecule has 0 aliphatic carbocycles. The van der Waals surface area contributed by atoms with E-state index in [0.29, 0.717) is 0 Å². The molecule has 2 heterocycles. The minimum atomic E-state index is 0.948. The first-order valence-electron chi connectivity index (χ1n) is 5.73. The zero-order valence-corrected chi connectivity index (χ0v) is 10.4. The second-order valence-corrected chi connectivity index (χ2v) is 5.54. The molecule has 0 spiro atoms. The summed E-state index contributed by atoms with van der Waals surface area (Å²) in [6.07, 6.45) is 0. The van der Waals surface area contributed by atoms with Crippen LogP contribution < -0.4 is 9.80 Å². The number of hydrogen-bond acceptors (Lipinski definition) is 3. The van der Waals surface area contributed by atoms with Crippen molar-refractivity contribution in [1.29, 1.82) is 0 Å². The lowest BCUT2D eigenvalue weighted by Crippen LogP contribution is -2.25. The first-order valence-corrected chi connectivity index (χ1v) is 6.55. The predicted octanol–water partition coefficient (Wildman–Crippen LogP) is 3.70. The second-order valence-electron chi connectivity index (χ2n) is 4.46. The summed E-state index contributed by atoms with van der Waals surface area (Å²) in [6, 6.07) is 15.2. The van der Waals surface area contributed by atoms with E-state index >= 15 is 0 Å². The Balaban J connectivity index is 2.00. The lowest BCUT2D eigenvalue weighted by Gasteiger charge is -2.27. The standard InChI is InChI=1S/C14H12N2S/c1-15-9-16-10-5-2-3-7-12(10)17-13-8-4-6-11(15)14(13)16/h2-8H,9H2,1H3. The highest BCUT2D eigenvalue weighted by atomic mass is 32.2. The van der Waals surface area contributed by atoms with Crippen LogP contribution in [0.5, 0.6) is 0 Å². The van der Waals surface area contributed by atoms with E-state index < -0.39 is 0 Å². The molecule has 0 saturated heterocycles. The van der Waals surface area contributed by atoms with Gasteiger partial charge in [0.25, 0.3) is 0 Å². The third kappa shape index (κ3) is 1.17. The SMILES string of the molecule is CN1CN2c3ccccc3Sc3cccc1c32. The molecule has 0 bridgehead atoms. The van der Waals surface area contributed by atoms with Gasteiger partial charge >= 0.3 is 0 Å². The van der Waals surface area contributed by atoms with Crippen LogP contribution in [-0.4, -0.2) is 13.7 Å². The molecule has 0 atom stereocenters. The number of anilines is 3. The molecular weight excluding hydrogens is 228 g/mol. The molecule has 0 unspecified atom stereocenters. The van der Waals surface area contributed by atoms with Gasteiger partial charge in [-0.2, -0.15) is 0 Å². The van der Waals surface area contributed by atoms with E-state index in [1.807, 2.05) is 11.8 Å². The Bertz CT molecular complexity index is 609. The third-order valence-corrected chi connectivity index (χ3v) is 4.50. The van der Waals surface area contributed by atoms with Gasteiger partial charge in [-0.05, 0) is 24.3 Å². The van der Waals surface area contributed by atoms with Gasteiger partial charge in [-0.3, -0.25) is 0 Å². The smallest absolute Gasteiger partial charge is 0.0951 e. The van der Waals surface area contributed by atoms with Crippen LogP contribution in [0.15, 0.2) is 52.3 Å². The van der Waals surface area contributed by atoms with Crippen molar-refractivity contribution in [3.05, 3.63) is 42.5 Å². The summed E-state index contributed by atoms with van der Waals surface area (Å²) >= 11 is 1.87. The van der Waals surface area contributed by atoms with E-state index in [2.05, 4.69) is 59.3 Å². The Morgan fingerprint density at radius 1 is 0.941 bits per heavy atom. The highest BCUT2D eigenvalue weighted by molar-refractivity contribution is 7.99. The van der Waals surface area contributed by atoms with Crippen LogP contribution in [0.1, 0.15) is 0 Å². The van der Waals surface area contributed by atoms with E-state index in [9.17, 15) is 0 Å². The summed E-state index contributed by atoms with van der Waals surface area (Å²) in [4.78, 5) is 7.44. The first-order chi connectivity index (χ1) is 8.34. The van der Waals surface area contributed by atoms with Crippen molar-refractivity contribution >= 4 is 28.8 Å². The van der Waals surface area contributed by atoms with Crippen molar-refractivity contribution in [3.8, 4) is 0 Å². The zero-order chi connectivity index (χ0) is 11.4. The first kappa shape index (κ1) is 9.42. The largest absolute Gasteiger partial charge is 0.355 e. The monoisotopic (exact) mass is 240 g/mol. The van der Waals surface area contributed by atoms with E-state index in [-0.39, 0.29) is 0 Å². The second kappa shape index (κ2) is 3.20. The summed E-state index contributed by atoms with van der Waals surface area (Å²) in [7, 11) is 2.15. The number of nitrogens with zero attached hydrogens (tertiary/aromatic N) is 2. The molecule has 0 N–H and O–H groups in total. The number of benzene rings is 2. The van der Waals surface area contributed by atoms with Crippen LogP contribution >= 0.6 is 11.8 Å². The minimum absolute atomic E-state index is 0.948. The molecule has 2 aliphatic heterocycles. The Labute approximate surface area is 105 Å². The topological polar surface area (TPSA) is 6.48 Å².